The molecule has 1 atom stereocenters. The first-order valence-electron chi connectivity index (χ1n) is 9.07. The number of amides is 2. The van der Waals surface area contributed by atoms with Crippen molar-refractivity contribution in [3.05, 3.63) is 28.7 Å². The van der Waals surface area contributed by atoms with Gasteiger partial charge in [0.25, 0.3) is 0 Å². The van der Waals surface area contributed by atoms with E-state index in [4.69, 9.17) is 0 Å². The first kappa shape index (κ1) is 19.4. The molecule has 3 heterocycles. The number of anilines is 1. The van der Waals surface area contributed by atoms with E-state index in [0.717, 1.165) is 37.1 Å². The Labute approximate surface area is 162 Å². The van der Waals surface area contributed by atoms with Gasteiger partial charge in [-0.3, -0.25) is 24.0 Å². The molecule has 9 heteroatoms. The number of carbonyl (C=O) groups is 2. The lowest BCUT2D eigenvalue weighted by atomic mass is 10.1. The Kier molecular flexibility index (Phi) is 5.57. The molecule has 1 aromatic heterocycles. The third-order valence-corrected chi connectivity index (χ3v) is 5.32. The predicted octanol–water partition coefficient (Wildman–Crippen LogP) is 0.903. The van der Waals surface area contributed by atoms with Crippen LogP contribution in [0.15, 0.2) is 23.0 Å². The Bertz CT molecular complexity index is 929. The maximum Gasteiger partial charge on any atom is 0.329 e. The number of aryl methyl sites for hydroxylation is 1. The van der Waals surface area contributed by atoms with Crippen LogP contribution in [0, 0.1) is 0 Å². The largest absolute Gasteiger partial charge is 0.380 e. The topological polar surface area (TPSA) is 97.2 Å². The summed E-state index contributed by atoms with van der Waals surface area (Å²) >= 11 is 0. The van der Waals surface area contributed by atoms with Crippen LogP contribution in [0.25, 0.3) is 11.0 Å². The van der Waals surface area contributed by atoms with Crippen LogP contribution in [-0.2, 0) is 16.6 Å². The van der Waals surface area contributed by atoms with E-state index in [1.807, 2.05) is 18.2 Å². The van der Waals surface area contributed by atoms with E-state index < -0.39 is 11.9 Å². The molecule has 2 aliphatic heterocycles. The minimum atomic E-state index is -0.655. The zero-order valence-corrected chi connectivity index (χ0v) is 16.0. The quantitative estimate of drug-likeness (QED) is 0.673. The van der Waals surface area contributed by atoms with Gasteiger partial charge in [-0.05, 0) is 44.5 Å². The van der Waals surface area contributed by atoms with Crippen LogP contribution in [-0.4, -0.2) is 40.1 Å². The second-order valence-electron chi connectivity index (χ2n) is 7.02. The second kappa shape index (κ2) is 7.74. The van der Waals surface area contributed by atoms with E-state index in [-0.39, 0.29) is 30.4 Å². The third kappa shape index (κ3) is 3.46. The molecule has 8 nitrogen and oxygen atoms in total. The summed E-state index contributed by atoms with van der Waals surface area (Å²) in [4.78, 5) is 36.6. The fourth-order valence-corrected chi connectivity index (χ4v) is 3.97. The van der Waals surface area contributed by atoms with Crippen LogP contribution >= 0.6 is 12.4 Å². The van der Waals surface area contributed by atoms with Crippen molar-refractivity contribution in [1.29, 1.82) is 0 Å². The normalized spacial score (nSPS) is 21.0. The van der Waals surface area contributed by atoms with Gasteiger partial charge in [-0.15, -0.1) is 12.4 Å². The monoisotopic (exact) mass is 393 g/mol. The van der Waals surface area contributed by atoms with Gasteiger partial charge in [0.1, 0.15) is 6.04 Å². The van der Waals surface area contributed by atoms with E-state index in [0.29, 0.717) is 18.0 Å². The number of aromatic nitrogens is 2. The summed E-state index contributed by atoms with van der Waals surface area (Å²) in [5, 5.41) is 9.24. The van der Waals surface area contributed by atoms with Gasteiger partial charge in [0.15, 0.2) is 0 Å². The molecule has 0 saturated carbocycles. The molecule has 0 radical (unpaired) electrons. The Morgan fingerprint density at radius 2 is 1.85 bits per heavy atom. The van der Waals surface area contributed by atoms with Crippen molar-refractivity contribution in [2.24, 2.45) is 7.05 Å². The summed E-state index contributed by atoms with van der Waals surface area (Å²) in [6, 6.07) is 5.43. The smallest absolute Gasteiger partial charge is 0.329 e. The predicted molar refractivity (Wildman–Crippen MR) is 105 cm³/mol. The number of nitrogens with zero attached hydrogens (tertiary/aromatic N) is 2. The summed E-state index contributed by atoms with van der Waals surface area (Å²) in [6.07, 6.45) is 2.64. The Hall–Kier alpha value is -2.32. The minimum absolute atomic E-state index is 0. The van der Waals surface area contributed by atoms with E-state index >= 15 is 0 Å². The van der Waals surface area contributed by atoms with Gasteiger partial charge < -0.3 is 10.6 Å². The number of halogens is 1. The summed E-state index contributed by atoms with van der Waals surface area (Å²) in [6.45, 7) is 1.95. The van der Waals surface area contributed by atoms with Crippen LogP contribution in [0.5, 0.6) is 0 Å². The zero-order chi connectivity index (χ0) is 18.3. The van der Waals surface area contributed by atoms with E-state index in [1.165, 1.54) is 4.57 Å². The van der Waals surface area contributed by atoms with Crippen molar-refractivity contribution in [2.45, 2.75) is 37.8 Å². The van der Waals surface area contributed by atoms with Crippen molar-refractivity contribution in [3.8, 4) is 0 Å². The highest BCUT2D eigenvalue weighted by Gasteiger charge is 2.31. The summed E-state index contributed by atoms with van der Waals surface area (Å²) in [5.41, 5.74) is 2.17. The summed E-state index contributed by atoms with van der Waals surface area (Å²) < 4.78 is 3.10. The van der Waals surface area contributed by atoms with Gasteiger partial charge in [0.05, 0.1) is 16.7 Å². The number of rotatable bonds is 3. The molecule has 2 aromatic rings. The first-order valence-corrected chi connectivity index (χ1v) is 9.07. The van der Waals surface area contributed by atoms with E-state index in [9.17, 15) is 14.4 Å². The SMILES string of the molecule is Cl.Cn1c(=O)n(C2CCC(=O)NC2=O)c2cccc(NC3CCNCC3)c21. The number of carbonyl (C=O) groups excluding carboxylic acids is 2. The standard InChI is InChI=1S/C18H23N5O3.ClH/c1-22-16-12(20-11-7-9-19-10-8-11)3-2-4-13(16)23(18(22)26)14-5-6-15(24)21-17(14)25;/h2-4,11,14,19-20H,5-10H2,1H3,(H,21,24,25);1H. The fraction of sp³-hybridized carbons (Fsp3) is 0.500. The lowest BCUT2D eigenvalue weighted by molar-refractivity contribution is -0.135. The van der Waals surface area contributed by atoms with E-state index in [1.54, 1.807) is 11.6 Å². The molecule has 4 rings (SSSR count). The number of piperidine rings is 2. The second-order valence-corrected chi connectivity index (χ2v) is 7.02. The van der Waals surface area contributed by atoms with Crippen LogP contribution in [0.4, 0.5) is 5.69 Å². The van der Waals surface area contributed by atoms with Crippen LogP contribution in [0.3, 0.4) is 0 Å². The molecule has 146 valence electrons. The number of fused-ring (bicyclic) bond motifs is 1. The molecule has 1 unspecified atom stereocenters. The molecule has 2 fully saturated rings. The number of benzene rings is 1. The van der Waals surface area contributed by atoms with Gasteiger partial charge in [-0.2, -0.15) is 0 Å². The van der Waals surface area contributed by atoms with Crippen molar-refractivity contribution < 1.29 is 9.59 Å². The average Bonchev–Trinajstić information content (AvgIpc) is 2.88. The molecule has 2 aliphatic rings. The van der Waals surface area contributed by atoms with Gasteiger partial charge in [0, 0.05) is 19.5 Å². The molecule has 3 N–H and O–H groups in total. The van der Waals surface area contributed by atoms with Crippen molar-refractivity contribution >= 4 is 40.9 Å². The molecular formula is C18H24ClN5O3. The molecule has 0 aliphatic carbocycles. The number of imidazole rings is 1. The van der Waals surface area contributed by atoms with Gasteiger partial charge >= 0.3 is 5.69 Å². The van der Waals surface area contributed by atoms with E-state index in [2.05, 4.69) is 16.0 Å². The highest BCUT2D eigenvalue weighted by atomic mass is 35.5. The Morgan fingerprint density at radius 1 is 1.11 bits per heavy atom. The van der Waals surface area contributed by atoms with Crippen molar-refractivity contribution in [3.63, 3.8) is 0 Å². The maximum absolute atomic E-state index is 12.9. The fourth-order valence-electron chi connectivity index (χ4n) is 3.97. The molecule has 0 bridgehead atoms. The van der Waals surface area contributed by atoms with Gasteiger partial charge in [0.2, 0.25) is 11.8 Å². The number of nitrogens with one attached hydrogen (secondary N) is 3. The number of hydrogen-bond donors (Lipinski definition) is 3. The first-order chi connectivity index (χ1) is 12.6. The summed E-state index contributed by atoms with van der Waals surface area (Å²) in [7, 11) is 1.72. The van der Waals surface area contributed by atoms with Gasteiger partial charge in [-0.1, -0.05) is 6.07 Å². The minimum Gasteiger partial charge on any atom is -0.380 e. The third-order valence-electron chi connectivity index (χ3n) is 5.32. The Balaban J connectivity index is 0.00000210. The van der Waals surface area contributed by atoms with Crippen LogP contribution in [0.2, 0.25) is 0 Å². The van der Waals surface area contributed by atoms with Crippen LogP contribution in [0.1, 0.15) is 31.7 Å². The number of hydrogen-bond acceptors (Lipinski definition) is 5. The lowest BCUT2D eigenvalue weighted by Crippen LogP contribution is -2.44. The number of imide groups is 1. The highest BCUT2D eigenvalue weighted by Crippen LogP contribution is 2.28. The average molecular weight is 394 g/mol. The molecule has 2 saturated heterocycles. The lowest BCUT2D eigenvalue weighted by Gasteiger charge is -2.25. The molecule has 0 spiro atoms. The van der Waals surface area contributed by atoms with Crippen molar-refractivity contribution in [1.82, 2.24) is 19.8 Å². The van der Waals surface area contributed by atoms with Gasteiger partial charge in [-0.25, -0.2) is 4.79 Å². The zero-order valence-electron chi connectivity index (χ0n) is 15.2. The maximum atomic E-state index is 12.9. The highest BCUT2D eigenvalue weighted by molar-refractivity contribution is 6.00. The van der Waals surface area contributed by atoms with Crippen LogP contribution < -0.4 is 21.6 Å². The summed E-state index contributed by atoms with van der Waals surface area (Å²) in [5.74, 6) is -0.694. The Morgan fingerprint density at radius 3 is 2.56 bits per heavy atom. The molecule has 2 amide bonds. The molecule has 1 aromatic carbocycles. The molecule has 27 heavy (non-hydrogen) atoms. The molecular weight excluding hydrogens is 370 g/mol. The number of para-hydroxylation sites is 1. The van der Waals surface area contributed by atoms with Crippen molar-refractivity contribution in [2.75, 3.05) is 18.4 Å².